The Morgan fingerprint density at radius 1 is 1.19 bits per heavy atom. The minimum atomic E-state index is -3.39. The summed E-state index contributed by atoms with van der Waals surface area (Å²) in [5.41, 5.74) is 5.71. The highest BCUT2D eigenvalue weighted by atomic mass is 32.2. The first-order chi connectivity index (χ1) is 10.0. The third-order valence-electron chi connectivity index (χ3n) is 4.54. The summed E-state index contributed by atoms with van der Waals surface area (Å²) in [6.45, 7) is 6.89. The molecule has 0 radical (unpaired) electrons. The number of rotatable bonds is 7. The maximum atomic E-state index is 12.4. The SMILES string of the molecule is CC(CNS(=O)(=O)N1CCCCC1CN)CN1CCCC1. The van der Waals surface area contributed by atoms with Crippen LogP contribution in [0.2, 0.25) is 0 Å². The molecule has 0 aliphatic carbocycles. The summed E-state index contributed by atoms with van der Waals surface area (Å²) in [6, 6.07) is -0.0369. The van der Waals surface area contributed by atoms with Crippen molar-refractivity contribution in [2.24, 2.45) is 11.7 Å². The number of nitrogens with one attached hydrogen (secondary N) is 1. The van der Waals surface area contributed by atoms with Crippen molar-refractivity contribution in [2.45, 2.75) is 45.1 Å². The summed E-state index contributed by atoms with van der Waals surface area (Å²) in [5.74, 6) is 0.332. The molecule has 124 valence electrons. The van der Waals surface area contributed by atoms with Gasteiger partial charge in [-0.15, -0.1) is 0 Å². The maximum absolute atomic E-state index is 12.4. The van der Waals surface area contributed by atoms with E-state index in [-0.39, 0.29) is 6.04 Å². The van der Waals surface area contributed by atoms with Gasteiger partial charge in [-0.3, -0.25) is 0 Å². The van der Waals surface area contributed by atoms with Crippen molar-refractivity contribution in [2.75, 3.05) is 39.3 Å². The fourth-order valence-electron chi connectivity index (χ4n) is 3.33. The first-order valence-electron chi connectivity index (χ1n) is 8.22. The van der Waals surface area contributed by atoms with Crippen LogP contribution in [0.5, 0.6) is 0 Å². The molecule has 7 heteroatoms. The molecule has 2 saturated heterocycles. The van der Waals surface area contributed by atoms with Crippen LogP contribution in [0.25, 0.3) is 0 Å². The van der Waals surface area contributed by atoms with Crippen molar-refractivity contribution in [1.82, 2.24) is 13.9 Å². The van der Waals surface area contributed by atoms with Crippen LogP contribution in [-0.2, 0) is 10.2 Å². The monoisotopic (exact) mass is 318 g/mol. The molecule has 2 aliphatic rings. The number of likely N-dealkylation sites (tertiary alicyclic amines) is 1. The Morgan fingerprint density at radius 2 is 1.86 bits per heavy atom. The molecule has 0 amide bonds. The highest BCUT2D eigenvalue weighted by Crippen LogP contribution is 2.19. The highest BCUT2D eigenvalue weighted by molar-refractivity contribution is 7.87. The predicted molar refractivity (Wildman–Crippen MR) is 85.2 cm³/mol. The molecule has 0 aromatic rings. The molecule has 2 rings (SSSR count). The number of nitrogens with zero attached hydrogens (tertiary/aromatic N) is 2. The van der Waals surface area contributed by atoms with Crippen molar-refractivity contribution in [3.05, 3.63) is 0 Å². The molecule has 2 heterocycles. The maximum Gasteiger partial charge on any atom is 0.279 e. The lowest BCUT2D eigenvalue weighted by molar-refractivity contribution is 0.251. The van der Waals surface area contributed by atoms with E-state index in [0.29, 0.717) is 25.6 Å². The largest absolute Gasteiger partial charge is 0.329 e. The zero-order chi connectivity index (χ0) is 15.3. The van der Waals surface area contributed by atoms with Gasteiger partial charge in [0.25, 0.3) is 10.2 Å². The first kappa shape index (κ1) is 17.1. The molecule has 3 N–H and O–H groups in total. The van der Waals surface area contributed by atoms with Gasteiger partial charge >= 0.3 is 0 Å². The number of piperidine rings is 1. The molecule has 2 fully saturated rings. The van der Waals surface area contributed by atoms with Gasteiger partial charge in [0.2, 0.25) is 0 Å². The van der Waals surface area contributed by atoms with E-state index in [1.54, 1.807) is 4.31 Å². The zero-order valence-electron chi connectivity index (χ0n) is 13.1. The molecule has 2 aliphatic heterocycles. The minimum Gasteiger partial charge on any atom is -0.329 e. The summed E-state index contributed by atoms with van der Waals surface area (Å²) >= 11 is 0. The summed E-state index contributed by atoms with van der Waals surface area (Å²) in [6.07, 6.45) is 5.41. The Bertz CT molecular complexity index is 409. The van der Waals surface area contributed by atoms with Crippen molar-refractivity contribution in [1.29, 1.82) is 0 Å². The van der Waals surface area contributed by atoms with Gasteiger partial charge in [0.05, 0.1) is 0 Å². The lowest BCUT2D eigenvalue weighted by atomic mass is 10.1. The van der Waals surface area contributed by atoms with E-state index >= 15 is 0 Å². The third kappa shape index (κ3) is 4.89. The molecule has 0 bridgehead atoms. The number of hydrogen-bond acceptors (Lipinski definition) is 4. The van der Waals surface area contributed by atoms with E-state index in [0.717, 1.165) is 38.9 Å². The van der Waals surface area contributed by atoms with E-state index in [1.165, 1.54) is 12.8 Å². The summed E-state index contributed by atoms with van der Waals surface area (Å²) in [7, 11) is -3.39. The van der Waals surface area contributed by atoms with Gasteiger partial charge in [-0.25, -0.2) is 4.72 Å². The average molecular weight is 318 g/mol. The second-order valence-corrected chi connectivity index (χ2v) is 8.17. The van der Waals surface area contributed by atoms with Gasteiger partial charge in [0, 0.05) is 32.2 Å². The van der Waals surface area contributed by atoms with Gasteiger partial charge < -0.3 is 10.6 Å². The van der Waals surface area contributed by atoms with Crippen LogP contribution in [0.15, 0.2) is 0 Å². The quantitative estimate of drug-likeness (QED) is 0.711. The summed E-state index contributed by atoms with van der Waals surface area (Å²) < 4.78 is 29.2. The fraction of sp³-hybridized carbons (Fsp3) is 1.00. The third-order valence-corrected chi connectivity index (χ3v) is 6.17. The smallest absolute Gasteiger partial charge is 0.279 e. The number of hydrogen-bond donors (Lipinski definition) is 2. The van der Waals surface area contributed by atoms with E-state index in [2.05, 4.69) is 16.5 Å². The molecular weight excluding hydrogens is 288 g/mol. The normalized spacial score (nSPS) is 27.0. The molecular formula is C14H30N4O2S. The van der Waals surface area contributed by atoms with Gasteiger partial charge in [0.1, 0.15) is 0 Å². The van der Waals surface area contributed by atoms with Crippen molar-refractivity contribution in [3.8, 4) is 0 Å². The molecule has 0 saturated carbocycles. The lowest BCUT2D eigenvalue weighted by Crippen LogP contribution is -2.52. The standard InChI is InChI=1S/C14H30N4O2S/c1-13(12-17-7-4-5-8-17)11-16-21(19,20)18-9-3-2-6-14(18)10-15/h13-14,16H,2-12,15H2,1H3. The van der Waals surface area contributed by atoms with E-state index in [4.69, 9.17) is 5.73 Å². The van der Waals surface area contributed by atoms with E-state index < -0.39 is 10.2 Å². The van der Waals surface area contributed by atoms with Crippen molar-refractivity contribution >= 4 is 10.2 Å². The molecule has 2 atom stereocenters. The fourth-order valence-corrected chi connectivity index (χ4v) is 4.94. The predicted octanol–water partition coefficient (Wildman–Crippen LogP) is 0.366. The van der Waals surface area contributed by atoms with Crippen LogP contribution in [0.1, 0.15) is 39.0 Å². The summed E-state index contributed by atoms with van der Waals surface area (Å²) in [4.78, 5) is 2.42. The number of nitrogens with two attached hydrogens (primary N) is 1. The molecule has 6 nitrogen and oxygen atoms in total. The van der Waals surface area contributed by atoms with Crippen LogP contribution < -0.4 is 10.5 Å². The highest BCUT2D eigenvalue weighted by Gasteiger charge is 2.31. The van der Waals surface area contributed by atoms with Gasteiger partial charge in [-0.05, 0) is 44.7 Å². The summed E-state index contributed by atoms with van der Waals surface area (Å²) in [5, 5.41) is 0. The van der Waals surface area contributed by atoms with Crippen LogP contribution >= 0.6 is 0 Å². The van der Waals surface area contributed by atoms with E-state index in [1.807, 2.05) is 0 Å². The molecule has 0 aromatic heterocycles. The molecule has 0 aromatic carbocycles. The van der Waals surface area contributed by atoms with Crippen LogP contribution in [0.3, 0.4) is 0 Å². The Labute approximate surface area is 129 Å². The second kappa shape index (κ2) is 7.87. The Morgan fingerprint density at radius 3 is 2.52 bits per heavy atom. The van der Waals surface area contributed by atoms with Crippen LogP contribution in [-0.4, -0.2) is 62.9 Å². The molecule has 0 spiro atoms. The Balaban J connectivity index is 1.82. The first-order valence-corrected chi connectivity index (χ1v) is 9.66. The molecule has 21 heavy (non-hydrogen) atoms. The van der Waals surface area contributed by atoms with Gasteiger partial charge in [-0.1, -0.05) is 13.3 Å². The Hall–Kier alpha value is -0.210. The molecule has 2 unspecified atom stereocenters. The second-order valence-electron chi connectivity index (χ2n) is 6.46. The minimum absolute atomic E-state index is 0.0369. The van der Waals surface area contributed by atoms with Crippen LogP contribution in [0, 0.1) is 5.92 Å². The Kier molecular flexibility index (Phi) is 6.43. The van der Waals surface area contributed by atoms with Crippen molar-refractivity contribution < 1.29 is 8.42 Å². The van der Waals surface area contributed by atoms with E-state index in [9.17, 15) is 8.42 Å². The van der Waals surface area contributed by atoms with Crippen molar-refractivity contribution in [3.63, 3.8) is 0 Å². The topological polar surface area (TPSA) is 78.7 Å². The lowest BCUT2D eigenvalue weighted by Gasteiger charge is -2.34. The van der Waals surface area contributed by atoms with Gasteiger partial charge in [-0.2, -0.15) is 12.7 Å². The van der Waals surface area contributed by atoms with Gasteiger partial charge in [0.15, 0.2) is 0 Å². The van der Waals surface area contributed by atoms with Crippen LogP contribution in [0.4, 0.5) is 0 Å². The average Bonchev–Trinajstić information content (AvgIpc) is 2.98. The zero-order valence-corrected chi connectivity index (χ0v) is 13.9.